The number of halogens is 1. The Hall–Kier alpha value is -2.85. The lowest BCUT2D eigenvalue weighted by Crippen LogP contribution is -2.18. The third-order valence-corrected chi connectivity index (χ3v) is 3.94. The maximum atomic E-state index is 12.5. The number of hydrogen-bond donors (Lipinski definition) is 1. The second-order valence-electron chi connectivity index (χ2n) is 5.20. The highest BCUT2D eigenvalue weighted by molar-refractivity contribution is 6.34. The van der Waals surface area contributed by atoms with Gasteiger partial charge in [-0.15, -0.1) is 0 Å². The minimum atomic E-state index is -0.267. The van der Waals surface area contributed by atoms with E-state index in [0.29, 0.717) is 22.1 Å². The zero-order valence-electron chi connectivity index (χ0n) is 13.1. The van der Waals surface area contributed by atoms with Gasteiger partial charge in [-0.1, -0.05) is 41.9 Å². The van der Waals surface area contributed by atoms with Gasteiger partial charge in [-0.05, 0) is 36.4 Å². The Balaban J connectivity index is 1.90. The predicted octanol–water partition coefficient (Wildman–Crippen LogP) is 4.76. The highest BCUT2D eigenvalue weighted by Crippen LogP contribution is 2.29. The summed E-state index contributed by atoms with van der Waals surface area (Å²) < 4.78 is 0. The summed E-state index contributed by atoms with van der Waals surface area (Å²) in [5, 5.41) is 3.30. The molecule has 120 valence electrons. The molecule has 0 atom stereocenters. The van der Waals surface area contributed by atoms with Gasteiger partial charge in [0.1, 0.15) is 0 Å². The minimum absolute atomic E-state index is 0.267. The molecule has 5 heteroatoms. The third kappa shape index (κ3) is 3.39. The van der Waals surface area contributed by atoms with Crippen molar-refractivity contribution in [3.05, 3.63) is 83.5 Å². The maximum absolute atomic E-state index is 12.5. The van der Waals surface area contributed by atoms with Crippen molar-refractivity contribution in [2.24, 2.45) is 0 Å². The summed E-state index contributed by atoms with van der Waals surface area (Å²) in [6.07, 6.45) is 1.69. The Morgan fingerprint density at radius 2 is 1.71 bits per heavy atom. The molecule has 0 radical (unpaired) electrons. The molecular formula is C19H16ClN3O. The van der Waals surface area contributed by atoms with Gasteiger partial charge in [-0.25, -0.2) is 4.98 Å². The molecule has 1 aromatic heterocycles. The van der Waals surface area contributed by atoms with Crippen molar-refractivity contribution >= 4 is 34.7 Å². The smallest absolute Gasteiger partial charge is 0.257 e. The number of carbonyl (C=O) groups excluding carboxylic acids is 1. The number of rotatable bonds is 4. The molecule has 3 rings (SSSR count). The number of nitrogens with zero attached hydrogens (tertiary/aromatic N) is 2. The summed E-state index contributed by atoms with van der Waals surface area (Å²) in [6, 6.07) is 20.4. The number of nitrogens with one attached hydrogen (secondary N) is 1. The molecule has 0 aliphatic heterocycles. The van der Waals surface area contributed by atoms with Crippen molar-refractivity contribution in [1.82, 2.24) is 4.98 Å². The van der Waals surface area contributed by atoms with E-state index in [-0.39, 0.29) is 5.91 Å². The fourth-order valence-corrected chi connectivity index (χ4v) is 2.59. The fraction of sp³-hybridized carbons (Fsp3) is 0.0526. The molecule has 0 saturated carbocycles. The molecule has 0 aliphatic rings. The van der Waals surface area contributed by atoms with Gasteiger partial charge in [-0.3, -0.25) is 4.79 Å². The van der Waals surface area contributed by atoms with Crippen LogP contribution < -0.4 is 10.2 Å². The summed E-state index contributed by atoms with van der Waals surface area (Å²) in [5.41, 5.74) is 2.02. The Morgan fingerprint density at radius 3 is 2.46 bits per heavy atom. The van der Waals surface area contributed by atoms with Crippen molar-refractivity contribution < 1.29 is 4.79 Å². The monoisotopic (exact) mass is 337 g/mol. The summed E-state index contributed by atoms with van der Waals surface area (Å²) in [5.74, 6) is 0.389. The molecule has 0 saturated heterocycles. The molecule has 3 aromatic rings. The average Bonchev–Trinajstić information content (AvgIpc) is 2.62. The standard InChI is InChI=1S/C19H16ClN3O/c1-23(14-8-3-2-4-9-14)18-17(12-7-13-21-18)22-19(24)15-10-5-6-11-16(15)20/h2-13H,1H3,(H,22,24). The van der Waals surface area contributed by atoms with Crippen LogP contribution in [0.2, 0.25) is 5.02 Å². The maximum Gasteiger partial charge on any atom is 0.257 e. The highest BCUT2D eigenvalue weighted by Gasteiger charge is 2.15. The first-order valence-electron chi connectivity index (χ1n) is 7.46. The number of aromatic nitrogens is 1. The van der Waals surface area contributed by atoms with Crippen LogP contribution in [0.15, 0.2) is 72.9 Å². The van der Waals surface area contributed by atoms with Crippen LogP contribution in [0.4, 0.5) is 17.2 Å². The molecule has 0 aliphatic carbocycles. The summed E-state index contributed by atoms with van der Waals surface area (Å²) in [6.45, 7) is 0. The lowest BCUT2D eigenvalue weighted by molar-refractivity contribution is 0.102. The Morgan fingerprint density at radius 1 is 1.00 bits per heavy atom. The van der Waals surface area contributed by atoms with Gasteiger partial charge in [0.05, 0.1) is 16.3 Å². The number of anilines is 3. The molecule has 0 fully saturated rings. The normalized spacial score (nSPS) is 10.2. The van der Waals surface area contributed by atoms with Crippen LogP contribution in [0.25, 0.3) is 0 Å². The van der Waals surface area contributed by atoms with E-state index in [2.05, 4.69) is 10.3 Å². The van der Waals surface area contributed by atoms with Gasteiger partial charge in [0.25, 0.3) is 5.91 Å². The second-order valence-corrected chi connectivity index (χ2v) is 5.61. The van der Waals surface area contributed by atoms with E-state index in [1.165, 1.54) is 0 Å². The van der Waals surface area contributed by atoms with Crippen molar-refractivity contribution in [3.8, 4) is 0 Å². The first-order valence-corrected chi connectivity index (χ1v) is 7.84. The Kier molecular flexibility index (Phi) is 4.77. The molecule has 24 heavy (non-hydrogen) atoms. The van der Waals surface area contributed by atoms with Crippen molar-refractivity contribution in [2.75, 3.05) is 17.3 Å². The van der Waals surface area contributed by atoms with E-state index in [4.69, 9.17) is 11.6 Å². The number of para-hydroxylation sites is 1. The van der Waals surface area contributed by atoms with E-state index in [0.717, 1.165) is 5.69 Å². The van der Waals surface area contributed by atoms with Crippen LogP contribution in [-0.4, -0.2) is 17.9 Å². The van der Waals surface area contributed by atoms with Crippen LogP contribution in [0.3, 0.4) is 0 Å². The molecule has 0 spiro atoms. The lowest BCUT2D eigenvalue weighted by atomic mass is 10.2. The molecule has 1 amide bonds. The third-order valence-electron chi connectivity index (χ3n) is 3.61. The van der Waals surface area contributed by atoms with Crippen LogP contribution in [0, 0.1) is 0 Å². The largest absolute Gasteiger partial charge is 0.328 e. The SMILES string of the molecule is CN(c1ccccc1)c1ncccc1NC(=O)c1ccccc1Cl. The van der Waals surface area contributed by atoms with Gasteiger partial charge < -0.3 is 10.2 Å². The molecular weight excluding hydrogens is 322 g/mol. The fourth-order valence-electron chi connectivity index (χ4n) is 2.37. The molecule has 1 N–H and O–H groups in total. The zero-order valence-corrected chi connectivity index (χ0v) is 13.9. The first-order chi connectivity index (χ1) is 11.7. The summed E-state index contributed by atoms with van der Waals surface area (Å²) >= 11 is 6.10. The van der Waals surface area contributed by atoms with E-state index in [1.54, 1.807) is 36.5 Å². The number of pyridine rings is 1. The van der Waals surface area contributed by atoms with E-state index in [1.807, 2.05) is 48.3 Å². The van der Waals surface area contributed by atoms with Crippen LogP contribution in [-0.2, 0) is 0 Å². The molecule has 0 unspecified atom stereocenters. The number of hydrogen-bond acceptors (Lipinski definition) is 3. The van der Waals surface area contributed by atoms with Gasteiger partial charge >= 0.3 is 0 Å². The number of carbonyl (C=O) groups is 1. The van der Waals surface area contributed by atoms with E-state index in [9.17, 15) is 4.79 Å². The van der Waals surface area contributed by atoms with Gasteiger partial charge in [0.15, 0.2) is 5.82 Å². The molecule has 2 aromatic carbocycles. The lowest BCUT2D eigenvalue weighted by Gasteiger charge is -2.21. The van der Waals surface area contributed by atoms with Gasteiger partial charge in [0, 0.05) is 18.9 Å². The highest BCUT2D eigenvalue weighted by atomic mass is 35.5. The topological polar surface area (TPSA) is 45.2 Å². The van der Waals surface area contributed by atoms with E-state index < -0.39 is 0 Å². The predicted molar refractivity (Wildman–Crippen MR) is 98.1 cm³/mol. The van der Waals surface area contributed by atoms with Crippen molar-refractivity contribution in [2.45, 2.75) is 0 Å². The minimum Gasteiger partial charge on any atom is -0.328 e. The van der Waals surface area contributed by atoms with Crippen molar-refractivity contribution in [3.63, 3.8) is 0 Å². The summed E-state index contributed by atoms with van der Waals surface area (Å²) in [4.78, 5) is 18.8. The quantitative estimate of drug-likeness (QED) is 0.746. The van der Waals surface area contributed by atoms with Gasteiger partial charge in [-0.2, -0.15) is 0 Å². The van der Waals surface area contributed by atoms with Crippen molar-refractivity contribution in [1.29, 1.82) is 0 Å². The molecule has 0 bridgehead atoms. The Bertz CT molecular complexity index is 852. The average molecular weight is 338 g/mol. The van der Waals surface area contributed by atoms with Crippen LogP contribution >= 0.6 is 11.6 Å². The first kappa shape index (κ1) is 16.0. The van der Waals surface area contributed by atoms with Crippen LogP contribution in [0.5, 0.6) is 0 Å². The van der Waals surface area contributed by atoms with Crippen LogP contribution in [0.1, 0.15) is 10.4 Å². The molecule has 1 heterocycles. The number of benzene rings is 2. The Labute approximate surface area is 145 Å². The zero-order chi connectivity index (χ0) is 16.9. The van der Waals surface area contributed by atoms with E-state index >= 15 is 0 Å². The number of amides is 1. The van der Waals surface area contributed by atoms with Gasteiger partial charge in [0.2, 0.25) is 0 Å². The molecule has 4 nitrogen and oxygen atoms in total. The second kappa shape index (κ2) is 7.15. The summed E-state index contributed by atoms with van der Waals surface area (Å²) in [7, 11) is 1.91.